The van der Waals surface area contributed by atoms with Crippen LogP contribution in [0.5, 0.6) is 0 Å². The van der Waals surface area contributed by atoms with Gasteiger partial charge in [0.2, 0.25) is 7.37 Å². The second kappa shape index (κ2) is 5.85. The third-order valence-electron chi connectivity index (χ3n) is 1.40. The zero-order valence-corrected chi connectivity index (χ0v) is 8.27. The molecule has 1 unspecified atom stereocenters. The summed E-state index contributed by atoms with van der Waals surface area (Å²) in [6.07, 6.45) is 2.54. The molecule has 0 bridgehead atoms. The summed E-state index contributed by atoms with van der Waals surface area (Å²) in [4.78, 5) is 0. The summed E-state index contributed by atoms with van der Waals surface area (Å²) in [6.45, 7) is 4.39. The fourth-order valence-corrected chi connectivity index (χ4v) is 3.04. The molecule has 0 rings (SSSR count). The molecule has 0 fully saturated rings. The van der Waals surface area contributed by atoms with Crippen molar-refractivity contribution in [1.29, 1.82) is 0 Å². The van der Waals surface area contributed by atoms with Crippen LogP contribution < -0.4 is 0 Å². The summed E-state index contributed by atoms with van der Waals surface area (Å²) in [5.74, 6) is 0. The Balaban J connectivity index is 3.91. The molecule has 0 aliphatic carbocycles. The number of hydrogen-bond acceptors (Lipinski definition) is 2. The lowest BCUT2D eigenvalue weighted by atomic mass is 10.1. The average molecular weight is 174 g/mol. The monoisotopic (exact) mass is 174 g/mol. The Kier molecular flexibility index (Phi) is 5.98. The molecule has 0 aliphatic rings. The largest absolute Gasteiger partial charge is 0.329 e. The molecular weight excluding hydrogens is 158 g/mol. The predicted molar refractivity (Wildman–Crippen MR) is 49.8 cm³/mol. The van der Waals surface area contributed by atoms with Crippen LogP contribution in [0, 0.1) is 0 Å². The first-order valence-electron chi connectivity index (χ1n) is 4.11. The minimum absolute atomic E-state index is 0.456. The van der Waals surface area contributed by atoms with Crippen molar-refractivity contribution in [3.8, 4) is 0 Å². The molecule has 11 heavy (non-hydrogen) atoms. The van der Waals surface area contributed by atoms with Gasteiger partial charge in [-0.1, -0.05) is 13.2 Å². The van der Waals surface area contributed by atoms with E-state index in [0.717, 1.165) is 6.42 Å². The normalized spacial score (nSPS) is 16.2. The molecule has 4 heteroatoms. The van der Waals surface area contributed by atoms with E-state index < -0.39 is 7.37 Å². The molecule has 0 N–H and O–H groups in total. The van der Waals surface area contributed by atoms with Crippen molar-refractivity contribution in [2.24, 2.45) is 0 Å². The number of rotatable bonds is 6. The Morgan fingerprint density at radius 2 is 2.00 bits per heavy atom. The van der Waals surface area contributed by atoms with Crippen molar-refractivity contribution < 1.29 is 9.09 Å². The molecule has 0 aromatic rings. The van der Waals surface area contributed by atoms with Crippen LogP contribution in [0.15, 0.2) is 0 Å². The molecule has 0 amide bonds. The van der Waals surface area contributed by atoms with Crippen LogP contribution in [0.25, 0.3) is 0 Å². The van der Waals surface area contributed by atoms with Gasteiger partial charge in [0.15, 0.2) is 0 Å². The Hall–Kier alpha value is 0.255. The molecule has 64 valence electrons. The van der Waals surface area contributed by atoms with Gasteiger partial charge in [-0.15, -0.1) is 0 Å². The van der Waals surface area contributed by atoms with Crippen molar-refractivity contribution in [1.82, 2.24) is 0 Å². The summed E-state index contributed by atoms with van der Waals surface area (Å²) >= 11 is 0. The minimum atomic E-state index is -2.34. The predicted octanol–water partition coefficient (Wildman–Crippen LogP) is 2.30. The zero-order chi connectivity index (χ0) is 8.74. The van der Waals surface area contributed by atoms with E-state index in [9.17, 15) is 4.57 Å². The second-order valence-electron chi connectivity index (χ2n) is 2.47. The lowest BCUT2D eigenvalue weighted by Gasteiger charge is -2.15. The van der Waals surface area contributed by atoms with Crippen molar-refractivity contribution in [3.63, 3.8) is 0 Å². The molecule has 2 nitrogen and oxygen atoms in total. The number of hydrogen-bond donors (Lipinski definition) is 0. The van der Waals surface area contributed by atoms with E-state index in [1.807, 2.05) is 13.8 Å². The smallest absolute Gasteiger partial charge is 0.202 e. The topological polar surface area (TPSA) is 26.3 Å². The van der Waals surface area contributed by atoms with Gasteiger partial charge in [-0.05, 0) is 13.3 Å². The molecule has 0 aromatic heterocycles. The van der Waals surface area contributed by atoms with Crippen molar-refractivity contribution in [2.45, 2.75) is 26.6 Å². The maximum absolute atomic E-state index is 11.7. The standard InChI is InChI=1S/C7H16BO2P/c1-3-6-11(9,7-5-8)10-4-2/h3-7H2,1-2H3. The summed E-state index contributed by atoms with van der Waals surface area (Å²) in [7, 11) is 2.98. The van der Waals surface area contributed by atoms with E-state index in [-0.39, 0.29) is 0 Å². The van der Waals surface area contributed by atoms with E-state index in [0.29, 0.717) is 25.3 Å². The fourth-order valence-electron chi connectivity index (χ4n) is 1.01. The van der Waals surface area contributed by atoms with Crippen LogP contribution >= 0.6 is 7.37 Å². The Morgan fingerprint density at radius 1 is 1.36 bits per heavy atom. The van der Waals surface area contributed by atoms with Gasteiger partial charge < -0.3 is 4.52 Å². The lowest BCUT2D eigenvalue weighted by Crippen LogP contribution is -1.99. The SMILES string of the molecule is [B]CCP(=O)(CCC)OCC. The molecule has 0 aromatic carbocycles. The Bertz CT molecular complexity index is 115. The molecule has 1 atom stereocenters. The van der Waals surface area contributed by atoms with Crippen molar-refractivity contribution in [2.75, 3.05) is 18.9 Å². The Morgan fingerprint density at radius 3 is 2.36 bits per heavy atom. The highest BCUT2D eigenvalue weighted by Crippen LogP contribution is 2.47. The van der Waals surface area contributed by atoms with Gasteiger partial charge in [0.1, 0.15) is 0 Å². The average Bonchev–Trinajstić information content (AvgIpc) is 1.88. The summed E-state index contributed by atoms with van der Waals surface area (Å²) in [6, 6.07) is 0. The van der Waals surface area contributed by atoms with Gasteiger partial charge in [-0.2, -0.15) is 0 Å². The maximum Gasteiger partial charge on any atom is 0.202 e. The minimum Gasteiger partial charge on any atom is -0.329 e. The summed E-state index contributed by atoms with van der Waals surface area (Å²) in [5, 5.41) is 0. The van der Waals surface area contributed by atoms with E-state index in [4.69, 9.17) is 12.4 Å². The maximum atomic E-state index is 11.7. The molecule has 0 heterocycles. The molecule has 2 radical (unpaired) electrons. The third-order valence-corrected chi connectivity index (χ3v) is 4.20. The van der Waals surface area contributed by atoms with Gasteiger partial charge in [0.05, 0.1) is 14.5 Å². The molecule has 0 saturated carbocycles. The van der Waals surface area contributed by atoms with E-state index >= 15 is 0 Å². The second-order valence-corrected chi connectivity index (χ2v) is 5.25. The van der Waals surface area contributed by atoms with Gasteiger partial charge in [0.25, 0.3) is 0 Å². The zero-order valence-electron chi connectivity index (χ0n) is 7.38. The van der Waals surface area contributed by atoms with Crippen LogP contribution in [0.3, 0.4) is 0 Å². The first kappa shape index (κ1) is 11.3. The first-order valence-corrected chi connectivity index (χ1v) is 6.10. The van der Waals surface area contributed by atoms with Crippen LogP contribution in [-0.4, -0.2) is 26.8 Å². The highest BCUT2D eigenvalue weighted by molar-refractivity contribution is 7.59. The van der Waals surface area contributed by atoms with E-state index in [2.05, 4.69) is 0 Å². The highest BCUT2D eigenvalue weighted by Gasteiger charge is 2.18. The van der Waals surface area contributed by atoms with E-state index in [1.165, 1.54) is 0 Å². The molecule has 0 spiro atoms. The molecule has 0 aliphatic heterocycles. The highest BCUT2D eigenvalue weighted by atomic mass is 31.2. The van der Waals surface area contributed by atoms with Crippen LogP contribution in [0.4, 0.5) is 0 Å². The van der Waals surface area contributed by atoms with Gasteiger partial charge in [0, 0.05) is 12.3 Å². The van der Waals surface area contributed by atoms with Gasteiger partial charge in [-0.25, -0.2) is 0 Å². The van der Waals surface area contributed by atoms with Crippen molar-refractivity contribution >= 4 is 15.2 Å². The van der Waals surface area contributed by atoms with E-state index in [1.54, 1.807) is 0 Å². The van der Waals surface area contributed by atoms with Crippen LogP contribution in [-0.2, 0) is 9.09 Å². The third kappa shape index (κ3) is 4.65. The van der Waals surface area contributed by atoms with Gasteiger partial charge >= 0.3 is 0 Å². The van der Waals surface area contributed by atoms with Gasteiger partial charge in [-0.3, -0.25) is 4.57 Å². The fraction of sp³-hybridized carbons (Fsp3) is 1.00. The molecule has 0 saturated heterocycles. The summed E-state index contributed by atoms with van der Waals surface area (Å²) in [5.41, 5.74) is 0. The first-order chi connectivity index (χ1) is 5.18. The lowest BCUT2D eigenvalue weighted by molar-refractivity contribution is 0.333. The Labute approximate surface area is 70.6 Å². The van der Waals surface area contributed by atoms with Crippen LogP contribution in [0.1, 0.15) is 20.3 Å². The quantitative estimate of drug-likeness (QED) is 0.456. The van der Waals surface area contributed by atoms with Crippen LogP contribution in [0.2, 0.25) is 6.32 Å². The summed E-state index contributed by atoms with van der Waals surface area (Å²) < 4.78 is 16.9. The van der Waals surface area contributed by atoms with Crippen molar-refractivity contribution in [3.05, 3.63) is 0 Å². The molecular formula is C7H16BO2P.